The van der Waals surface area contributed by atoms with Crippen LogP contribution in [0.2, 0.25) is 0 Å². The molecular formula is C19H22N2O4S. The molecule has 1 saturated heterocycles. The maximum absolute atomic E-state index is 13.3. The largest absolute Gasteiger partial charge is 0.454 e. The van der Waals surface area contributed by atoms with Crippen molar-refractivity contribution in [2.75, 3.05) is 26.4 Å². The molecule has 0 spiro atoms. The first-order chi connectivity index (χ1) is 12.5. The monoisotopic (exact) mass is 374 g/mol. The van der Waals surface area contributed by atoms with Crippen LogP contribution in [0.3, 0.4) is 0 Å². The number of nitrogens with zero attached hydrogens (tertiary/aromatic N) is 1. The van der Waals surface area contributed by atoms with Gasteiger partial charge in [0.05, 0.1) is 4.90 Å². The summed E-state index contributed by atoms with van der Waals surface area (Å²) in [6, 6.07) is 13.3. The Hall–Kier alpha value is -2.09. The lowest BCUT2D eigenvalue weighted by atomic mass is 9.89. The van der Waals surface area contributed by atoms with E-state index in [1.54, 1.807) is 23.4 Å². The highest BCUT2D eigenvalue weighted by atomic mass is 32.2. The molecule has 138 valence electrons. The highest BCUT2D eigenvalue weighted by molar-refractivity contribution is 7.89. The summed E-state index contributed by atoms with van der Waals surface area (Å²) in [7, 11) is -3.63. The molecular weight excluding hydrogens is 352 g/mol. The van der Waals surface area contributed by atoms with Crippen LogP contribution in [0.4, 0.5) is 0 Å². The fraction of sp³-hybridized carbons (Fsp3) is 0.368. The Morgan fingerprint density at radius 2 is 1.81 bits per heavy atom. The van der Waals surface area contributed by atoms with Gasteiger partial charge < -0.3 is 15.2 Å². The molecule has 26 heavy (non-hydrogen) atoms. The normalized spacial score (nSPS) is 22.7. The van der Waals surface area contributed by atoms with Gasteiger partial charge in [-0.25, -0.2) is 8.42 Å². The van der Waals surface area contributed by atoms with E-state index < -0.39 is 10.0 Å². The molecule has 0 aliphatic carbocycles. The van der Waals surface area contributed by atoms with Gasteiger partial charge in [0.2, 0.25) is 16.8 Å². The van der Waals surface area contributed by atoms with Crippen LogP contribution >= 0.6 is 0 Å². The van der Waals surface area contributed by atoms with Crippen LogP contribution in [-0.4, -0.2) is 39.2 Å². The van der Waals surface area contributed by atoms with Gasteiger partial charge in [-0.1, -0.05) is 30.3 Å². The second-order valence-corrected chi connectivity index (χ2v) is 8.71. The van der Waals surface area contributed by atoms with Gasteiger partial charge in [-0.3, -0.25) is 0 Å². The minimum Gasteiger partial charge on any atom is -0.454 e. The molecule has 2 aromatic rings. The van der Waals surface area contributed by atoms with Crippen LogP contribution in [0, 0.1) is 12.8 Å². The van der Waals surface area contributed by atoms with E-state index in [4.69, 9.17) is 15.2 Å². The summed E-state index contributed by atoms with van der Waals surface area (Å²) in [4.78, 5) is 0.270. The predicted molar refractivity (Wildman–Crippen MR) is 97.8 cm³/mol. The van der Waals surface area contributed by atoms with Gasteiger partial charge in [0.15, 0.2) is 11.5 Å². The number of sulfonamides is 1. The topological polar surface area (TPSA) is 81.9 Å². The quantitative estimate of drug-likeness (QED) is 0.886. The number of hydrogen-bond donors (Lipinski definition) is 1. The fourth-order valence-corrected chi connectivity index (χ4v) is 5.53. The molecule has 2 heterocycles. The molecule has 0 unspecified atom stereocenters. The number of ether oxygens (including phenoxy) is 2. The zero-order valence-corrected chi connectivity index (χ0v) is 15.4. The Kier molecular flexibility index (Phi) is 4.38. The molecule has 2 N–H and O–H groups in total. The number of nitrogens with two attached hydrogens (primary N) is 1. The van der Waals surface area contributed by atoms with Crippen molar-refractivity contribution in [3.05, 3.63) is 53.6 Å². The Labute approximate surface area is 153 Å². The SMILES string of the molecule is Cc1cc2c(cc1S(=O)(=O)N1C[C@@H](CN)[C@H](c3ccccc3)C1)OCO2. The number of rotatable bonds is 4. The molecule has 0 aromatic heterocycles. The third kappa shape index (κ3) is 2.86. The van der Waals surface area contributed by atoms with Crippen molar-refractivity contribution < 1.29 is 17.9 Å². The molecule has 2 aromatic carbocycles. The van der Waals surface area contributed by atoms with E-state index in [0.717, 1.165) is 5.56 Å². The molecule has 1 fully saturated rings. The molecule has 4 rings (SSSR count). The van der Waals surface area contributed by atoms with E-state index in [9.17, 15) is 8.42 Å². The van der Waals surface area contributed by atoms with Gasteiger partial charge in [0.25, 0.3) is 0 Å². The van der Waals surface area contributed by atoms with E-state index in [-0.39, 0.29) is 23.5 Å². The molecule has 2 atom stereocenters. The number of aryl methyl sites for hydroxylation is 1. The average molecular weight is 374 g/mol. The lowest BCUT2D eigenvalue weighted by molar-refractivity contribution is 0.174. The molecule has 0 bridgehead atoms. The maximum atomic E-state index is 13.3. The van der Waals surface area contributed by atoms with Gasteiger partial charge in [-0.15, -0.1) is 0 Å². The lowest BCUT2D eigenvalue weighted by Crippen LogP contribution is -2.30. The zero-order chi connectivity index (χ0) is 18.3. The smallest absolute Gasteiger partial charge is 0.243 e. The van der Waals surface area contributed by atoms with Crippen molar-refractivity contribution in [1.29, 1.82) is 0 Å². The Balaban J connectivity index is 1.67. The molecule has 0 radical (unpaired) electrons. The molecule has 2 aliphatic heterocycles. The summed E-state index contributed by atoms with van der Waals surface area (Å²) in [6.45, 7) is 3.20. The first-order valence-electron chi connectivity index (χ1n) is 8.66. The van der Waals surface area contributed by atoms with Crippen molar-refractivity contribution in [3.8, 4) is 11.5 Å². The molecule has 7 heteroatoms. The zero-order valence-electron chi connectivity index (χ0n) is 14.6. The van der Waals surface area contributed by atoms with E-state index in [0.29, 0.717) is 36.7 Å². The van der Waals surface area contributed by atoms with Crippen molar-refractivity contribution >= 4 is 10.0 Å². The van der Waals surface area contributed by atoms with Gasteiger partial charge in [-0.2, -0.15) is 4.31 Å². The summed E-state index contributed by atoms with van der Waals surface area (Å²) >= 11 is 0. The molecule has 2 aliphatic rings. The highest BCUT2D eigenvalue weighted by Gasteiger charge is 2.40. The summed E-state index contributed by atoms with van der Waals surface area (Å²) in [5.41, 5.74) is 7.73. The first-order valence-corrected chi connectivity index (χ1v) is 10.1. The van der Waals surface area contributed by atoms with Crippen molar-refractivity contribution in [1.82, 2.24) is 4.31 Å². The first kappa shape index (κ1) is 17.3. The molecule has 6 nitrogen and oxygen atoms in total. The molecule has 0 saturated carbocycles. The second kappa shape index (κ2) is 6.57. The Morgan fingerprint density at radius 3 is 2.50 bits per heavy atom. The number of fused-ring (bicyclic) bond motifs is 1. The molecule has 0 amide bonds. The van der Waals surface area contributed by atoms with Crippen molar-refractivity contribution in [2.45, 2.75) is 17.7 Å². The Morgan fingerprint density at radius 1 is 1.12 bits per heavy atom. The lowest BCUT2D eigenvalue weighted by Gasteiger charge is -2.18. The number of benzene rings is 2. The van der Waals surface area contributed by atoms with E-state index in [2.05, 4.69) is 0 Å². The van der Waals surface area contributed by atoms with E-state index in [1.165, 1.54) is 0 Å². The fourth-order valence-electron chi connectivity index (χ4n) is 3.79. The predicted octanol–water partition coefficient (Wildman–Crippen LogP) is 2.09. The van der Waals surface area contributed by atoms with Gasteiger partial charge >= 0.3 is 0 Å². The van der Waals surface area contributed by atoms with Crippen LogP contribution in [0.15, 0.2) is 47.4 Å². The standard InChI is InChI=1S/C19H22N2O4S/c1-13-7-17-18(25-12-24-17)8-19(13)26(22,23)21-10-15(9-20)16(11-21)14-5-3-2-4-6-14/h2-8,15-16H,9-12,20H2,1H3/t15-,16+/m1/s1. The van der Waals surface area contributed by atoms with Gasteiger partial charge in [0, 0.05) is 25.1 Å². The third-order valence-electron chi connectivity index (χ3n) is 5.23. The van der Waals surface area contributed by atoms with Gasteiger partial charge in [-0.05, 0) is 36.6 Å². The minimum atomic E-state index is -3.63. The second-order valence-electron chi connectivity index (χ2n) is 6.81. The summed E-state index contributed by atoms with van der Waals surface area (Å²) in [5.74, 6) is 1.26. The Bertz CT molecular complexity index is 915. The van der Waals surface area contributed by atoms with Crippen LogP contribution in [0.25, 0.3) is 0 Å². The maximum Gasteiger partial charge on any atom is 0.243 e. The summed E-state index contributed by atoms with van der Waals surface area (Å²) in [5, 5.41) is 0. The summed E-state index contributed by atoms with van der Waals surface area (Å²) in [6.07, 6.45) is 0. The summed E-state index contributed by atoms with van der Waals surface area (Å²) < 4.78 is 38.8. The van der Waals surface area contributed by atoms with Crippen LogP contribution in [0.1, 0.15) is 17.0 Å². The average Bonchev–Trinajstić information content (AvgIpc) is 3.28. The third-order valence-corrected chi connectivity index (χ3v) is 7.20. The van der Waals surface area contributed by atoms with Crippen LogP contribution in [0.5, 0.6) is 11.5 Å². The van der Waals surface area contributed by atoms with Crippen molar-refractivity contribution in [2.24, 2.45) is 11.7 Å². The van der Waals surface area contributed by atoms with Gasteiger partial charge in [0.1, 0.15) is 0 Å². The van der Waals surface area contributed by atoms with Crippen LogP contribution in [-0.2, 0) is 10.0 Å². The van der Waals surface area contributed by atoms with E-state index >= 15 is 0 Å². The highest BCUT2D eigenvalue weighted by Crippen LogP contribution is 2.40. The van der Waals surface area contributed by atoms with E-state index in [1.807, 2.05) is 30.3 Å². The van der Waals surface area contributed by atoms with Crippen molar-refractivity contribution in [3.63, 3.8) is 0 Å². The number of hydrogen-bond acceptors (Lipinski definition) is 5. The van der Waals surface area contributed by atoms with Crippen LogP contribution < -0.4 is 15.2 Å². The minimum absolute atomic E-state index is 0.0986.